The number of hydrogen-bond donors (Lipinski definition) is 0. The van der Waals surface area contributed by atoms with Crippen LogP contribution in [0, 0.1) is 11.3 Å². The predicted molar refractivity (Wildman–Crippen MR) is 86.2 cm³/mol. The lowest BCUT2D eigenvalue weighted by Gasteiger charge is -2.31. The SMILES string of the molecule is CN(C(=O)c1ncc(-c2ccccc2)cc1C#N)C(C)(C)C. The highest BCUT2D eigenvalue weighted by Crippen LogP contribution is 2.22. The Kier molecular flexibility index (Phi) is 4.27. The molecule has 0 unspecified atom stereocenters. The number of benzene rings is 1. The molecular weight excluding hydrogens is 274 g/mol. The zero-order valence-electron chi connectivity index (χ0n) is 13.3. The van der Waals surface area contributed by atoms with Gasteiger partial charge in [-0.2, -0.15) is 5.26 Å². The lowest BCUT2D eigenvalue weighted by Crippen LogP contribution is -2.43. The highest BCUT2D eigenvalue weighted by atomic mass is 16.2. The molecule has 0 atom stereocenters. The minimum absolute atomic E-state index is 0.194. The van der Waals surface area contributed by atoms with Gasteiger partial charge in [0.15, 0.2) is 0 Å². The van der Waals surface area contributed by atoms with Crippen LogP contribution in [0.2, 0.25) is 0 Å². The third kappa shape index (κ3) is 3.15. The summed E-state index contributed by atoms with van der Waals surface area (Å²) in [5.41, 5.74) is 1.95. The van der Waals surface area contributed by atoms with Gasteiger partial charge in [0.25, 0.3) is 5.91 Å². The van der Waals surface area contributed by atoms with E-state index in [1.807, 2.05) is 51.1 Å². The number of carbonyl (C=O) groups is 1. The monoisotopic (exact) mass is 293 g/mol. The maximum Gasteiger partial charge on any atom is 0.274 e. The molecule has 0 N–H and O–H groups in total. The van der Waals surface area contributed by atoms with E-state index in [-0.39, 0.29) is 17.1 Å². The molecule has 1 heterocycles. The zero-order chi connectivity index (χ0) is 16.3. The van der Waals surface area contributed by atoms with Crippen molar-refractivity contribution in [3.8, 4) is 17.2 Å². The fourth-order valence-electron chi connectivity index (χ4n) is 1.97. The fourth-order valence-corrected chi connectivity index (χ4v) is 1.97. The average molecular weight is 293 g/mol. The quantitative estimate of drug-likeness (QED) is 0.851. The van der Waals surface area contributed by atoms with Crippen LogP contribution >= 0.6 is 0 Å². The first-order valence-corrected chi connectivity index (χ1v) is 7.08. The summed E-state index contributed by atoms with van der Waals surface area (Å²) in [5.74, 6) is -0.247. The number of carbonyl (C=O) groups excluding carboxylic acids is 1. The predicted octanol–water partition coefficient (Wildman–Crippen LogP) is 3.49. The van der Waals surface area contributed by atoms with Gasteiger partial charge in [-0.1, -0.05) is 30.3 Å². The summed E-state index contributed by atoms with van der Waals surface area (Å²) >= 11 is 0. The second-order valence-electron chi connectivity index (χ2n) is 6.13. The summed E-state index contributed by atoms with van der Waals surface area (Å²) in [5, 5.41) is 9.36. The van der Waals surface area contributed by atoms with Crippen LogP contribution in [0.25, 0.3) is 11.1 Å². The number of hydrogen-bond acceptors (Lipinski definition) is 3. The normalized spacial score (nSPS) is 10.9. The number of amides is 1. The van der Waals surface area contributed by atoms with Crippen molar-refractivity contribution in [2.45, 2.75) is 26.3 Å². The smallest absolute Gasteiger partial charge is 0.274 e. The molecule has 0 saturated heterocycles. The summed E-state index contributed by atoms with van der Waals surface area (Å²) in [6, 6.07) is 13.5. The number of pyridine rings is 1. The van der Waals surface area contributed by atoms with E-state index in [4.69, 9.17) is 0 Å². The molecule has 1 aromatic heterocycles. The van der Waals surface area contributed by atoms with Gasteiger partial charge in [0.2, 0.25) is 0 Å². The van der Waals surface area contributed by atoms with Gasteiger partial charge < -0.3 is 4.90 Å². The van der Waals surface area contributed by atoms with Gasteiger partial charge in [-0.25, -0.2) is 4.98 Å². The Morgan fingerprint density at radius 3 is 2.36 bits per heavy atom. The molecule has 4 heteroatoms. The Morgan fingerprint density at radius 2 is 1.82 bits per heavy atom. The Labute approximate surface area is 131 Å². The third-order valence-electron chi connectivity index (χ3n) is 3.63. The maximum atomic E-state index is 12.5. The summed E-state index contributed by atoms with van der Waals surface area (Å²) < 4.78 is 0. The summed E-state index contributed by atoms with van der Waals surface area (Å²) in [6.07, 6.45) is 1.64. The molecule has 0 aliphatic heterocycles. The van der Waals surface area contributed by atoms with Crippen molar-refractivity contribution in [3.05, 3.63) is 53.9 Å². The number of rotatable bonds is 2. The standard InChI is InChI=1S/C18H19N3O/c1-18(2,3)21(4)17(22)16-14(11-19)10-15(12-20-16)13-8-6-5-7-9-13/h5-10,12H,1-4H3. The van der Waals surface area contributed by atoms with Crippen LogP contribution in [0.15, 0.2) is 42.6 Å². The summed E-state index contributed by atoms with van der Waals surface area (Å²) in [7, 11) is 1.72. The molecule has 112 valence electrons. The second-order valence-corrected chi connectivity index (χ2v) is 6.13. The Morgan fingerprint density at radius 1 is 1.18 bits per heavy atom. The van der Waals surface area contributed by atoms with Gasteiger partial charge >= 0.3 is 0 Å². The lowest BCUT2D eigenvalue weighted by molar-refractivity contribution is 0.0649. The van der Waals surface area contributed by atoms with Gasteiger partial charge in [0, 0.05) is 24.3 Å². The molecule has 0 fully saturated rings. The first kappa shape index (κ1) is 15.7. The molecule has 0 aliphatic carbocycles. The van der Waals surface area contributed by atoms with E-state index in [1.54, 1.807) is 24.2 Å². The molecule has 2 rings (SSSR count). The molecule has 2 aromatic rings. The van der Waals surface area contributed by atoms with Crippen molar-refractivity contribution in [2.24, 2.45) is 0 Å². The van der Waals surface area contributed by atoms with Crippen molar-refractivity contribution in [1.82, 2.24) is 9.88 Å². The van der Waals surface area contributed by atoms with Crippen LogP contribution in [0.1, 0.15) is 36.8 Å². The maximum absolute atomic E-state index is 12.5. The van der Waals surface area contributed by atoms with E-state index >= 15 is 0 Å². The van der Waals surface area contributed by atoms with Gasteiger partial charge in [-0.05, 0) is 32.4 Å². The van der Waals surface area contributed by atoms with Crippen LogP contribution in [-0.4, -0.2) is 28.4 Å². The lowest BCUT2D eigenvalue weighted by atomic mass is 10.0. The van der Waals surface area contributed by atoms with Gasteiger partial charge in [0.05, 0.1) is 5.56 Å². The third-order valence-corrected chi connectivity index (χ3v) is 3.63. The first-order valence-electron chi connectivity index (χ1n) is 7.08. The molecule has 4 nitrogen and oxygen atoms in total. The van der Waals surface area contributed by atoms with Crippen LogP contribution in [0.5, 0.6) is 0 Å². The highest BCUT2D eigenvalue weighted by molar-refractivity contribution is 5.95. The summed E-state index contributed by atoms with van der Waals surface area (Å²) in [4.78, 5) is 18.4. The van der Waals surface area contributed by atoms with Crippen molar-refractivity contribution < 1.29 is 4.79 Å². The van der Waals surface area contributed by atoms with E-state index in [1.165, 1.54) is 0 Å². The molecular formula is C18H19N3O. The topological polar surface area (TPSA) is 57.0 Å². The minimum Gasteiger partial charge on any atom is -0.335 e. The van der Waals surface area contributed by atoms with E-state index in [0.717, 1.165) is 11.1 Å². The molecule has 0 bridgehead atoms. The van der Waals surface area contributed by atoms with Crippen molar-refractivity contribution in [3.63, 3.8) is 0 Å². The molecule has 0 spiro atoms. The largest absolute Gasteiger partial charge is 0.335 e. The molecule has 0 saturated carbocycles. The Hall–Kier alpha value is -2.67. The summed E-state index contributed by atoms with van der Waals surface area (Å²) in [6.45, 7) is 5.82. The zero-order valence-corrected chi connectivity index (χ0v) is 13.3. The number of aromatic nitrogens is 1. The van der Waals surface area contributed by atoms with Gasteiger partial charge in [-0.3, -0.25) is 4.79 Å². The number of nitriles is 1. The van der Waals surface area contributed by atoms with Crippen molar-refractivity contribution in [1.29, 1.82) is 5.26 Å². The van der Waals surface area contributed by atoms with E-state index < -0.39 is 0 Å². The van der Waals surface area contributed by atoms with Crippen LogP contribution in [-0.2, 0) is 0 Å². The Bertz CT molecular complexity index is 724. The molecule has 22 heavy (non-hydrogen) atoms. The van der Waals surface area contributed by atoms with E-state index in [9.17, 15) is 10.1 Å². The van der Waals surface area contributed by atoms with Crippen LogP contribution in [0.4, 0.5) is 0 Å². The molecule has 1 aromatic carbocycles. The van der Waals surface area contributed by atoms with Gasteiger partial charge in [-0.15, -0.1) is 0 Å². The van der Waals surface area contributed by atoms with Crippen molar-refractivity contribution in [2.75, 3.05) is 7.05 Å². The molecule has 1 amide bonds. The number of nitrogens with zero attached hydrogens (tertiary/aromatic N) is 3. The first-order chi connectivity index (χ1) is 10.3. The van der Waals surface area contributed by atoms with E-state index in [2.05, 4.69) is 11.1 Å². The van der Waals surface area contributed by atoms with Crippen LogP contribution < -0.4 is 0 Å². The average Bonchev–Trinajstić information content (AvgIpc) is 2.52. The molecule has 0 aliphatic rings. The minimum atomic E-state index is -0.330. The Balaban J connectivity index is 2.44. The second kappa shape index (κ2) is 5.98. The van der Waals surface area contributed by atoms with Crippen LogP contribution in [0.3, 0.4) is 0 Å². The highest BCUT2D eigenvalue weighted by Gasteiger charge is 2.26. The van der Waals surface area contributed by atoms with Crippen molar-refractivity contribution >= 4 is 5.91 Å². The van der Waals surface area contributed by atoms with Gasteiger partial charge in [0.1, 0.15) is 11.8 Å². The molecule has 0 radical (unpaired) electrons. The fraction of sp³-hybridized carbons (Fsp3) is 0.278. The van der Waals surface area contributed by atoms with E-state index in [0.29, 0.717) is 5.56 Å².